The molecule has 0 aromatic heterocycles. The van der Waals surface area contributed by atoms with Crippen LogP contribution in [0.5, 0.6) is 5.75 Å². The molecule has 4 heterocycles. The van der Waals surface area contributed by atoms with E-state index in [-0.39, 0.29) is 23.4 Å². The zero-order chi connectivity index (χ0) is 54.4. The minimum atomic E-state index is -2.94. The Balaban J connectivity index is 0.972. The van der Waals surface area contributed by atoms with E-state index in [9.17, 15) is 0 Å². The van der Waals surface area contributed by atoms with Gasteiger partial charge in [0.1, 0.15) is 36.3 Å². The highest BCUT2D eigenvalue weighted by Gasteiger charge is 2.52. The predicted octanol–water partition coefficient (Wildman–Crippen LogP) is 11.4. The third kappa shape index (κ3) is 14.1. The second-order valence-electron chi connectivity index (χ2n) is 22.1. The van der Waals surface area contributed by atoms with Crippen molar-refractivity contribution in [3.05, 3.63) is 223 Å². The van der Waals surface area contributed by atoms with E-state index in [0.29, 0.717) is 65.3 Å². The lowest BCUT2D eigenvalue weighted by Gasteiger charge is -2.46. The van der Waals surface area contributed by atoms with Crippen LogP contribution < -0.4 is 15.1 Å². The van der Waals surface area contributed by atoms with E-state index in [1.54, 1.807) is 7.11 Å². The molecule has 4 aliphatic heterocycles. The maximum Gasteiger partial charge on any atom is 0.261 e. The van der Waals surface area contributed by atoms with Gasteiger partial charge in [0.25, 0.3) is 8.32 Å². The zero-order valence-corrected chi connectivity index (χ0v) is 47.2. The number of benzene rings is 6. The van der Waals surface area contributed by atoms with Crippen LogP contribution in [0.4, 0.5) is 0 Å². The first-order chi connectivity index (χ1) is 38.7. The van der Waals surface area contributed by atoms with E-state index < -0.39 is 63.4 Å². The van der Waals surface area contributed by atoms with Crippen LogP contribution in [0.15, 0.2) is 201 Å². The maximum atomic E-state index is 7.61. The van der Waals surface area contributed by atoms with Crippen LogP contribution in [-0.2, 0) is 66.9 Å². The minimum absolute atomic E-state index is 0.233. The molecule has 0 N–H and O–H groups in total. The van der Waals surface area contributed by atoms with E-state index >= 15 is 0 Å². The van der Waals surface area contributed by atoms with Crippen molar-refractivity contribution in [3.63, 3.8) is 0 Å². The summed E-state index contributed by atoms with van der Waals surface area (Å²) in [4.78, 5) is 0. The molecular weight excluding hydrogens is 1010 g/mol. The fourth-order valence-corrected chi connectivity index (χ4v) is 16.2. The van der Waals surface area contributed by atoms with E-state index in [0.717, 1.165) is 28.0 Å². The van der Waals surface area contributed by atoms with Crippen LogP contribution in [0.1, 0.15) is 75.0 Å². The topological polar surface area (TPSA) is 102 Å². The van der Waals surface area contributed by atoms with Crippen LogP contribution in [0.25, 0.3) is 0 Å². The van der Waals surface area contributed by atoms with Crippen molar-refractivity contribution in [3.8, 4) is 5.75 Å². The van der Waals surface area contributed by atoms with Gasteiger partial charge in [-0.3, -0.25) is 0 Å². The Morgan fingerprint density at radius 1 is 0.595 bits per heavy atom. The Morgan fingerprint density at radius 3 is 1.81 bits per heavy atom. The fourth-order valence-electron chi connectivity index (χ4n) is 11.7. The van der Waals surface area contributed by atoms with Gasteiger partial charge >= 0.3 is 0 Å². The molecule has 0 aliphatic carbocycles. The molecule has 0 amide bonds. The second kappa shape index (κ2) is 27.3. The molecule has 0 saturated carbocycles. The van der Waals surface area contributed by atoms with Crippen LogP contribution in [-0.4, -0.2) is 102 Å². The number of fused-ring (bicyclic) bond motifs is 2. The first-order valence-electron chi connectivity index (χ1n) is 28.2. The minimum Gasteiger partial charge on any atom is -0.497 e. The summed E-state index contributed by atoms with van der Waals surface area (Å²) in [5.41, 5.74) is 4.13. The van der Waals surface area contributed by atoms with Gasteiger partial charge < -0.3 is 51.8 Å². The number of hydrogen-bond acceptors (Lipinski definition) is 11. The molecule has 6 aromatic rings. The molecule has 0 radical (unpaired) electrons. The Bertz CT molecular complexity index is 2740. The molecule has 12 atom stereocenters. The summed E-state index contributed by atoms with van der Waals surface area (Å²) in [5.74, 6) is 0.779. The summed E-state index contributed by atoms with van der Waals surface area (Å²) in [6.07, 6.45) is 2.95. The lowest BCUT2D eigenvalue weighted by atomic mass is 9.92. The lowest BCUT2D eigenvalue weighted by Crippen LogP contribution is -2.66. The summed E-state index contributed by atoms with van der Waals surface area (Å²) in [5, 5.41) is 2.19. The van der Waals surface area contributed by atoms with Gasteiger partial charge in [0.15, 0.2) is 6.29 Å². The molecule has 12 heteroatoms. The first-order valence-corrected chi connectivity index (χ1v) is 30.1. The zero-order valence-electron chi connectivity index (χ0n) is 46.2. The number of hydrogen-bond donors (Lipinski definition) is 0. The summed E-state index contributed by atoms with van der Waals surface area (Å²) >= 11 is 0. The van der Waals surface area contributed by atoms with Gasteiger partial charge in [0.05, 0.1) is 76.8 Å². The average molecular weight is 1090 g/mol. The highest BCUT2D eigenvalue weighted by Crippen LogP contribution is 2.41. The Hall–Kier alpha value is -5.58. The van der Waals surface area contributed by atoms with Crippen LogP contribution in [0, 0.1) is 0 Å². The van der Waals surface area contributed by atoms with Gasteiger partial charge in [-0.25, -0.2) is 0 Å². The molecule has 79 heavy (non-hydrogen) atoms. The van der Waals surface area contributed by atoms with E-state index in [2.05, 4.69) is 124 Å². The third-order valence-corrected chi connectivity index (χ3v) is 20.8. The fraction of sp³-hybridized carbons (Fsp3) is 0.403. The third-order valence-electron chi connectivity index (χ3n) is 15.7. The molecule has 0 bridgehead atoms. The normalized spacial score (nSPS) is 27.7. The number of methoxy groups -OCH3 is 1. The van der Waals surface area contributed by atoms with Crippen molar-refractivity contribution in [2.45, 2.75) is 145 Å². The van der Waals surface area contributed by atoms with Crippen molar-refractivity contribution < 1.29 is 51.8 Å². The molecular formula is C67H78O11Si. The molecule has 416 valence electrons. The van der Waals surface area contributed by atoms with E-state index in [4.69, 9.17) is 51.8 Å². The average Bonchev–Trinajstić information content (AvgIpc) is 3.87. The Labute approximate surface area is 468 Å². The van der Waals surface area contributed by atoms with Crippen LogP contribution >= 0.6 is 0 Å². The molecule has 3 saturated heterocycles. The van der Waals surface area contributed by atoms with Gasteiger partial charge in [-0.05, 0) is 57.1 Å². The highest BCUT2D eigenvalue weighted by atomic mass is 28.4. The van der Waals surface area contributed by atoms with Crippen molar-refractivity contribution in [2.24, 2.45) is 0 Å². The Kier molecular flexibility index (Phi) is 19.6. The molecule has 10 rings (SSSR count). The van der Waals surface area contributed by atoms with Gasteiger partial charge in [-0.2, -0.15) is 0 Å². The quantitative estimate of drug-likeness (QED) is 0.0509. The molecule has 0 spiro atoms. The number of rotatable bonds is 21. The molecule has 11 nitrogen and oxygen atoms in total. The monoisotopic (exact) mass is 1090 g/mol. The predicted molar refractivity (Wildman–Crippen MR) is 309 cm³/mol. The number of ether oxygens (including phenoxy) is 10. The van der Waals surface area contributed by atoms with Crippen LogP contribution in [0.3, 0.4) is 0 Å². The molecule has 12 unspecified atom stereocenters. The smallest absolute Gasteiger partial charge is 0.261 e. The first kappa shape index (κ1) is 56.7. The van der Waals surface area contributed by atoms with Gasteiger partial charge in [0.2, 0.25) is 0 Å². The summed E-state index contributed by atoms with van der Waals surface area (Å²) in [6.45, 7) is 13.5. The highest BCUT2D eigenvalue weighted by molar-refractivity contribution is 6.99. The van der Waals surface area contributed by atoms with Crippen molar-refractivity contribution in [1.82, 2.24) is 0 Å². The molecule has 3 fully saturated rings. The van der Waals surface area contributed by atoms with E-state index in [1.165, 1.54) is 10.4 Å². The standard InChI is InChI=1S/C67H78O11Si/c1-6-55-59(41-61(71-45-50-35-37-52(68-5)38-36-50)65-62(74-55)42-60-64(77-65)47-72-66(78-60)51-27-16-9-17-28-51)75-57-34-22-33-56(70-44-49-25-14-8-15-26-49)63(46-69-43-48-23-12-7-13-24-48)76-58(57)39-40-73-79(67(2,3)4,53-29-18-10-19-30-53)54-31-20-11-21-32-54/h6-32,34-38,55-66H,1,33,39-47H2,2-5H3/b34-22-. The summed E-state index contributed by atoms with van der Waals surface area (Å²) < 4.78 is 75.7. The van der Waals surface area contributed by atoms with Crippen LogP contribution in [0.2, 0.25) is 5.04 Å². The molecule has 6 aromatic carbocycles. The summed E-state index contributed by atoms with van der Waals surface area (Å²) in [7, 11) is -1.27. The van der Waals surface area contributed by atoms with Crippen molar-refractivity contribution >= 4 is 18.7 Å². The van der Waals surface area contributed by atoms with Crippen molar-refractivity contribution in [1.29, 1.82) is 0 Å². The summed E-state index contributed by atoms with van der Waals surface area (Å²) in [6, 6.07) is 60.1. The van der Waals surface area contributed by atoms with Gasteiger partial charge in [-0.1, -0.05) is 203 Å². The van der Waals surface area contributed by atoms with E-state index in [1.807, 2.05) is 97.1 Å². The SMILES string of the molecule is C=CC1OC2CC3OC(c4ccccc4)OCC3OC2C(OCc2ccc(OC)cc2)CC1OC1/C=C\CC(OCc2ccccc2)C(COCc2ccccc2)OC1CCO[Si](c1ccccc1)(c1ccccc1)C(C)(C)C. The Morgan fingerprint density at radius 2 is 1.19 bits per heavy atom. The van der Waals surface area contributed by atoms with Crippen molar-refractivity contribution in [2.75, 3.05) is 26.9 Å². The van der Waals surface area contributed by atoms with Gasteiger partial charge in [-0.15, -0.1) is 6.58 Å². The maximum absolute atomic E-state index is 7.61. The largest absolute Gasteiger partial charge is 0.497 e. The molecule has 4 aliphatic rings. The second-order valence-corrected chi connectivity index (χ2v) is 26.4. The van der Waals surface area contributed by atoms with Gasteiger partial charge in [0, 0.05) is 25.0 Å². The lowest BCUT2D eigenvalue weighted by molar-refractivity contribution is -0.314.